The number of carbonyl (C=O) groups excluding carboxylic acids is 2. The molecular formula is C34H48N6O4. The molecule has 1 saturated heterocycles. The number of aliphatic hydroxyl groups excluding tert-OH is 1. The topological polar surface area (TPSA) is 133 Å². The molecule has 4 N–H and O–H groups in total. The molecule has 0 bridgehead atoms. The summed E-state index contributed by atoms with van der Waals surface area (Å²) in [7, 11) is 0. The van der Waals surface area contributed by atoms with Crippen molar-refractivity contribution in [2.45, 2.75) is 78.4 Å². The van der Waals surface area contributed by atoms with Gasteiger partial charge in [0, 0.05) is 56.0 Å². The van der Waals surface area contributed by atoms with Crippen LogP contribution >= 0.6 is 0 Å². The molecule has 0 aliphatic carbocycles. The minimum absolute atomic E-state index is 0.0235. The number of rotatable bonds is 14. The van der Waals surface area contributed by atoms with Crippen molar-refractivity contribution in [1.82, 2.24) is 20.3 Å². The van der Waals surface area contributed by atoms with Gasteiger partial charge in [-0.25, -0.2) is 0 Å². The van der Waals surface area contributed by atoms with Crippen molar-refractivity contribution in [1.29, 1.82) is 0 Å². The van der Waals surface area contributed by atoms with Crippen LogP contribution in [0.2, 0.25) is 0 Å². The van der Waals surface area contributed by atoms with E-state index in [-0.39, 0.29) is 24.3 Å². The molecule has 1 unspecified atom stereocenters. The van der Waals surface area contributed by atoms with Gasteiger partial charge in [0.15, 0.2) is 5.60 Å². The maximum atomic E-state index is 14.0. The van der Waals surface area contributed by atoms with Gasteiger partial charge < -0.3 is 25.7 Å². The molecule has 2 aliphatic rings. The Hall–Kier alpha value is -3.60. The number of nitrogens with one attached hydrogen (secondary N) is 2. The minimum Gasteiger partial charge on any atom is -0.396 e. The van der Waals surface area contributed by atoms with E-state index in [2.05, 4.69) is 53.9 Å². The Balaban J connectivity index is 1.54. The number of allylic oxidation sites excluding steroid dienone is 4. The number of aliphatic hydroxyl groups is 2. The second-order valence-electron chi connectivity index (χ2n) is 12.3. The van der Waals surface area contributed by atoms with Crippen molar-refractivity contribution < 1.29 is 19.8 Å². The van der Waals surface area contributed by atoms with Crippen LogP contribution in [0.15, 0.2) is 59.8 Å². The minimum atomic E-state index is -1.79. The number of aryl methyl sites for hydroxylation is 1. The largest absolute Gasteiger partial charge is 0.396 e. The Labute approximate surface area is 260 Å². The molecule has 0 spiro atoms. The number of anilines is 2. The van der Waals surface area contributed by atoms with E-state index in [1.165, 1.54) is 11.1 Å². The maximum absolute atomic E-state index is 14.0. The number of hydrogen-bond acceptors (Lipinski definition) is 7. The van der Waals surface area contributed by atoms with Crippen molar-refractivity contribution in [2.75, 3.05) is 36.5 Å². The zero-order valence-electron chi connectivity index (χ0n) is 26.6. The van der Waals surface area contributed by atoms with E-state index in [0.717, 1.165) is 37.9 Å². The van der Waals surface area contributed by atoms with Crippen LogP contribution in [0.25, 0.3) is 0 Å². The van der Waals surface area contributed by atoms with Crippen molar-refractivity contribution in [2.24, 2.45) is 11.8 Å². The average molecular weight is 605 g/mol. The molecule has 1 fully saturated rings. The molecule has 2 amide bonds. The van der Waals surface area contributed by atoms with E-state index in [1.807, 2.05) is 37.4 Å². The van der Waals surface area contributed by atoms with Gasteiger partial charge in [0.1, 0.15) is 0 Å². The number of aromatic nitrogens is 3. The SMILES string of the molecule is CC(C)=CCC/C(C)=C/CN1C(=O)[C@](O)([C@H](C)/C=C/CCn2cc(CCO)nn2)c2cc(NC(=O)C3CCCNC3)ccc21. The summed E-state index contributed by atoms with van der Waals surface area (Å²) in [5, 5.41) is 35.7. The van der Waals surface area contributed by atoms with E-state index in [0.29, 0.717) is 49.4 Å². The number of benzene rings is 1. The molecule has 2 aliphatic heterocycles. The van der Waals surface area contributed by atoms with Gasteiger partial charge in [-0.05, 0) is 77.6 Å². The highest BCUT2D eigenvalue weighted by Gasteiger charge is 2.52. The summed E-state index contributed by atoms with van der Waals surface area (Å²) in [6.45, 7) is 10.6. The molecule has 4 rings (SSSR count). The van der Waals surface area contributed by atoms with Crippen molar-refractivity contribution in [3.8, 4) is 0 Å². The fourth-order valence-corrected chi connectivity index (χ4v) is 5.79. The Kier molecular flexibility index (Phi) is 11.7. The monoisotopic (exact) mass is 604 g/mol. The molecule has 10 nitrogen and oxygen atoms in total. The van der Waals surface area contributed by atoms with Gasteiger partial charge in [-0.3, -0.25) is 14.3 Å². The highest BCUT2D eigenvalue weighted by atomic mass is 16.3. The molecule has 1 aromatic heterocycles. The molecular weight excluding hydrogens is 556 g/mol. The third-order valence-corrected chi connectivity index (χ3v) is 8.48. The summed E-state index contributed by atoms with van der Waals surface area (Å²) < 4.78 is 1.72. The molecule has 0 saturated carbocycles. The van der Waals surface area contributed by atoms with Crippen molar-refractivity contribution >= 4 is 23.2 Å². The molecule has 3 heterocycles. The first-order valence-corrected chi connectivity index (χ1v) is 15.8. The Morgan fingerprint density at radius 1 is 1.25 bits per heavy atom. The predicted molar refractivity (Wildman–Crippen MR) is 173 cm³/mol. The van der Waals surface area contributed by atoms with Crippen LogP contribution in [0.4, 0.5) is 11.4 Å². The highest BCUT2D eigenvalue weighted by molar-refractivity contribution is 6.08. The van der Waals surface area contributed by atoms with Crippen molar-refractivity contribution in [3.63, 3.8) is 0 Å². The Morgan fingerprint density at radius 2 is 2.07 bits per heavy atom. The van der Waals surface area contributed by atoms with Gasteiger partial charge in [-0.15, -0.1) is 5.10 Å². The lowest BCUT2D eigenvalue weighted by molar-refractivity contribution is -0.139. The van der Waals surface area contributed by atoms with Crippen LogP contribution in [0.5, 0.6) is 0 Å². The molecule has 10 heteroatoms. The van der Waals surface area contributed by atoms with Gasteiger partial charge >= 0.3 is 0 Å². The normalized spacial score (nSPS) is 21.0. The summed E-state index contributed by atoms with van der Waals surface area (Å²) >= 11 is 0. The van der Waals surface area contributed by atoms with Gasteiger partial charge in [0.05, 0.1) is 17.3 Å². The second kappa shape index (κ2) is 15.4. The van der Waals surface area contributed by atoms with E-state index in [4.69, 9.17) is 5.11 Å². The molecule has 0 radical (unpaired) electrons. The second-order valence-corrected chi connectivity index (χ2v) is 12.3. The average Bonchev–Trinajstić information content (AvgIpc) is 3.54. The van der Waals surface area contributed by atoms with Gasteiger partial charge in [-0.2, -0.15) is 0 Å². The highest BCUT2D eigenvalue weighted by Crippen LogP contribution is 2.46. The Morgan fingerprint density at radius 3 is 2.80 bits per heavy atom. The van der Waals surface area contributed by atoms with Crippen molar-refractivity contribution in [3.05, 3.63) is 71.1 Å². The van der Waals surface area contributed by atoms with E-state index >= 15 is 0 Å². The number of piperidine rings is 1. The quantitative estimate of drug-likeness (QED) is 0.237. The van der Waals surface area contributed by atoms with Crippen LogP contribution in [0.3, 0.4) is 0 Å². The van der Waals surface area contributed by atoms with Crippen LogP contribution in [-0.2, 0) is 28.2 Å². The summed E-state index contributed by atoms with van der Waals surface area (Å²) in [6, 6.07) is 5.40. The maximum Gasteiger partial charge on any atom is 0.264 e. The van der Waals surface area contributed by atoms with Crippen LogP contribution < -0.4 is 15.5 Å². The molecule has 44 heavy (non-hydrogen) atoms. The smallest absolute Gasteiger partial charge is 0.264 e. The number of fused-ring (bicyclic) bond motifs is 1. The summed E-state index contributed by atoms with van der Waals surface area (Å²) in [5.74, 6) is -1.07. The third kappa shape index (κ3) is 8.11. The van der Waals surface area contributed by atoms with Gasteiger partial charge in [-0.1, -0.05) is 47.6 Å². The lowest BCUT2D eigenvalue weighted by Gasteiger charge is -2.28. The third-order valence-electron chi connectivity index (χ3n) is 8.48. The van der Waals surface area contributed by atoms with Crippen LogP contribution in [0.1, 0.15) is 71.1 Å². The first kappa shape index (κ1) is 33.3. The number of hydrogen-bond donors (Lipinski definition) is 4. The molecule has 2 aromatic rings. The fraction of sp³-hybridized carbons (Fsp3) is 0.529. The Bertz CT molecular complexity index is 1390. The predicted octanol–water partition coefficient (Wildman–Crippen LogP) is 4.26. The first-order valence-electron chi connectivity index (χ1n) is 15.8. The summed E-state index contributed by atoms with van der Waals surface area (Å²) in [6.07, 6.45) is 14.6. The van der Waals surface area contributed by atoms with E-state index in [9.17, 15) is 14.7 Å². The zero-order chi connectivity index (χ0) is 31.7. The molecule has 238 valence electrons. The van der Waals surface area contributed by atoms with Gasteiger partial charge in [0.25, 0.3) is 5.91 Å². The lowest BCUT2D eigenvalue weighted by Crippen LogP contribution is -2.44. The fourth-order valence-electron chi connectivity index (χ4n) is 5.79. The number of carbonyl (C=O) groups is 2. The number of nitrogens with zero attached hydrogens (tertiary/aromatic N) is 4. The van der Waals surface area contributed by atoms with E-state index < -0.39 is 11.5 Å². The lowest BCUT2D eigenvalue weighted by atomic mass is 9.82. The summed E-state index contributed by atoms with van der Waals surface area (Å²) in [5.41, 5.74) is 3.13. The van der Waals surface area contributed by atoms with E-state index in [1.54, 1.807) is 15.6 Å². The molecule has 3 atom stereocenters. The standard InChI is InChI=1S/C34H48N6O4/c1-24(2)9-7-10-25(3)15-19-40-31-14-13-28(36-32(42)27-12-8-17-35-22-27)21-30(31)34(44,33(40)43)26(4)11-5-6-18-39-23-29(16-20-41)37-38-39/h5,9,11,13-15,21,23,26-27,35,41,44H,6-8,10,12,16-20,22H2,1-4H3,(H,36,42)/b11-5+,25-15+/t26-,27?,34+/m1/s1. The molecule has 1 aromatic carbocycles. The summed E-state index contributed by atoms with van der Waals surface area (Å²) in [4.78, 5) is 28.6. The number of amides is 2. The van der Waals surface area contributed by atoms with Crippen LogP contribution in [0, 0.1) is 11.8 Å². The van der Waals surface area contributed by atoms with Gasteiger partial charge in [0.2, 0.25) is 5.91 Å². The zero-order valence-corrected chi connectivity index (χ0v) is 26.6. The first-order chi connectivity index (χ1) is 21.1. The van der Waals surface area contributed by atoms with Crippen LogP contribution in [-0.4, -0.2) is 63.3 Å².